The van der Waals surface area contributed by atoms with Gasteiger partial charge in [-0.1, -0.05) is 0 Å². The van der Waals surface area contributed by atoms with E-state index in [1.807, 2.05) is 5.32 Å². The van der Waals surface area contributed by atoms with Crippen LogP contribution in [-0.4, -0.2) is 223 Å². The summed E-state index contributed by atoms with van der Waals surface area (Å²) < 4.78 is 0. The van der Waals surface area contributed by atoms with Gasteiger partial charge in [0.15, 0.2) is 0 Å². The van der Waals surface area contributed by atoms with Crippen LogP contribution in [0.2, 0.25) is 0 Å². The molecule has 31 nitrogen and oxygen atoms in total. The van der Waals surface area contributed by atoms with E-state index in [1.54, 1.807) is 0 Å². The minimum absolute atomic E-state index is 0. The number of nitrogens with one attached hydrogen (secondary N) is 1. The standard InChI is InChI=1S/C14H23N3O10.C9H13NO8.C8H11NO8.13Na/c18-10(19)5-15(1-3-16(6-11(20)21)7-12(22)23)2-4-17(8-13(24)25)9-14(26)27;11-6(12)2-1-5(9(17)18)10(3-7(13)14)4-8(15)16;10-5(11)1-3(7(14)15)9-4(8(16)17)2-6(12)13;;;;;;;;;;;;;/h1-9H2,(H,18,19)(H,20,21)(H,22,23)(H,24,25)(H,26,27);5H,1-4H2,(H,11,12)(H,13,14)(H,15,16)(H,17,18);3-4,9H,1-2H2,(H,10,11)(H,12,13)(H,14,15)(H,16,17);;;;;;;;;;;;;/q;;;13*+1/p-6/t;5-;;;;;;;;;;;;;;/m.0............../s1. The smallest absolute Gasteiger partial charge is 0.550 e. The molecule has 0 aliphatic carbocycles. The molecule has 0 rings (SSSR count). The predicted molar refractivity (Wildman–Crippen MR) is 177 cm³/mol. The molecule has 0 amide bonds. The second-order valence-corrected chi connectivity index (χ2v) is 12.2. The molecule has 0 aliphatic rings. The van der Waals surface area contributed by atoms with Gasteiger partial charge in [0.05, 0.1) is 74.5 Å². The Morgan fingerprint density at radius 1 is 0.347 bits per heavy atom. The molecular weight excluding hydrogens is 1160 g/mol. The van der Waals surface area contributed by atoms with Gasteiger partial charge in [-0.2, -0.15) is 0 Å². The first-order valence-electron chi connectivity index (χ1n) is 16.9. The molecule has 0 radical (unpaired) electrons. The largest absolute Gasteiger partial charge is 1.00 e. The average Bonchev–Trinajstić information content (AvgIpc) is 3.06. The molecule has 352 valence electrons. The molecule has 0 aromatic heterocycles. The van der Waals surface area contributed by atoms with Crippen molar-refractivity contribution in [3.05, 3.63) is 0 Å². The second-order valence-electron chi connectivity index (χ2n) is 12.2. The van der Waals surface area contributed by atoms with Gasteiger partial charge in [0.2, 0.25) is 0 Å². The number of carboxylic acid groups (broad SMARTS) is 13. The molecule has 75 heavy (non-hydrogen) atoms. The fourth-order valence-corrected chi connectivity index (χ4v) is 4.54. The molecule has 0 aliphatic heterocycles. The Labute approximate surface area is 716 Å². The van der Waals surface area contributed by atoms with Crippen LogP contribution in [0.5, 0.6) is 0 Å². The Morgan fingerprint density at radius 2 is 0.667 bits per heavy atom. The van der Waals surface area contributed by atoms with Crippen molar-refractivity contribution in [1.29, 1.82) is 0 Å². The van der Waals surface area contributed by atoms with Crippen LogP contribution in [0.4, 0.5) is 0 Å². The zero-order valence-electron chi connectivity index (χ0n) is 45.0. The molecule has 2 unspecified atom stereocenters. The van der Waals surface area contributed by atoms with Crippen molar-refractivity contribution in [2.24, 2.45) is 0 Å². The van der Waals surface area contributed by atoms with Crippen molar-refractivity contribution in [3.8, 4) is 0 Å². The van der Waals surface area contributed by atoms with E-state index in [0.29, 0.717) is 4.90 Å². The number of rotatable bonds is 33. The Kier molecular flexibility index (Phi) is 121. The molecule has 0 bridgehead atoms. The summed E-state index contributed by atoms with van der Waals surface area (Å²) in [5.74, 6) is -19.6. The molecule has 0 heterocycles. The van der Waals surface area contributed by atoms with Crippen molar-refractivity contribution in [2.45, 2.75) is 43.8 Å². The normalized spacial score (nSPS) is 9.97. The third kappa shape index (κ3) is 82.0. The van der Waals surface area contributed by atoms with Crippen molar-refractivity contribution in [1.82, 2.24) is 24.9 Å². The molecular formula is C31H41N5Na13O26+7. The molecule has 0 saturated heterocycles. The van der Waals surface area contributed by atoms with Crippen molar-refractivity contribution >= 4 is 77.6 Å². The Hall–Kier alpha value is 5.91. The second kappa shape index (κ2) is 74.2. The van der Waals surface area contributed by atoms with E-state index in [4.69, 9.17) is 35.7 Å². The summed E-state index contributed by atoms with van der Waals surface area (Å²) in [5, 5.41) is 125. The van der Waals surface area contributed by atoms with Gasteiger partial charge in [0.25, 0.3) is 0 Å². The maximum atomic E-state index is 10.9. The maximum absolute atomic E-state index is 10.9. The fraction of sp³-hybridized carbons (Fsp3) is 0.581. The summed E-state index contributed by atoms with van der Waals surface area (Å²) >= 11 is 0. The first-order valence-corrected chi connectivity index (χ1v) is 16.9. The predicted octanol–water partition coefficient (Wildman–Crippen LogP) is -52.4. The van der Waals surface area contributed by atoms with Gasteiger partial charge in [-0.25, -0.2) is 0 Å². The van der Waals surface area contributed by atoms with Crippen LogP contribution in [-0.2, 0) is 62.3 Å². The van der Waals surface area contributed by atoms with Crippen LogP contribution in [0, 0.1) is 0 Å². The van der Waals surface area contributed by atoms with E-state index in [2.05, 4.69) is 0 Å². The number of carbonyl (C=O) groups excluding carboxylic acids is 6. The number of hydrogen-bond donors (Lipinski definition) is 8. The number of aliphatic carboxylic acids is 13. The first-order chi connectivity index (χ1) is 28.5. The van der Waals surface area contributed by atoms with Gasteiger partial charge in [0.1, 0.15) is 6.04 Å². The summed E-state index contributed by atoms with van der Waals surface area (Å²) in [7, 11) is 0. The number of nitrogens with zero attached hydrogens (tertiary/aromatic N) is 4. The van der Waals surface area contributed by atoms with Crippen molar-refractivity contribution < 1.29 is 513 Å². The van der Waals surface area contributed by atoms with Crippen LogP contribution < -0.4 is 420 Å². The Morgan fingerprint density at radius 3 is 0.907 bits per heavy atom. The molecule has 0 saturated carbocycles. The van der Waals surface area contributed by atoms with Gasteiger partial charge >= 0.3 is 426 Å². The summed E-state index contributed by atoms with van der Waals surface area (Å²) in [5.41, 5.74) is 0. The minimum Gasteiger partial charge on any atom is -0.550 e. The van der Waals surface area contributed by atoms with Gasteiger partial charge in [-0.15, -0.1) is 0 Å². The Balaban J connectivity index is -0.0000000470. The zero-order valence-corrected chi connectivity index (χ0v) is 71.0. The summed E-state index contributed by atoms with van der Waals surface area (Å²) in [6, 6.07) is -5.18. The van der Waals surface area contributed by atoms with Crippen LogP contribution in [0.25, 0.3) is 0 Å². The molecule has 0 spiro atoms. The Bertz CT molecular complexity index is 1530. The van der Waals surface area contributed by atoms with E-state index in [1.165, 1.54) is 4.90 Å². The summed E-state index contributed by atoms with van der Waals surface area (Å²) in [6.07, 6.45) is -2.93. The van der Waals surface area contributed by atoms with Crippen LogP contribution >= 0.6 is 0 Å². The van der Waals surface area contributed by atoms with Crippen molar-refractivity contribution in [3.63, 3.8) is 0 Å². The third-order valence-electron chi connectivity index (χ3n) is 7.00. The van der Waals surface area contributed by atoms with Gasteiger partial charge in [-0.05, 0) is 6.42 Å². The quantitative estimate of drug-likeness (QED) is 0.0283. The van der Waals surface area contributed by atoms with Crippen LogP contribution in [0.1, 0.15) is 25.7 Å². The topological polar surface area (TPSA) is 527 Å². The summed E-state index contributed by atoms with van der Waals surface area (Å²) in [6.45, 7) is -5.10. The van der Waals surface area contributed by atoms with Gasteiger partial charge < -0.3 is 95.2 Å². The molecule has 0 aromatic rings. The van der Waals surface area contributed by atoms with E-state index in [9.17, 15) is 93.0 Å². The fourth-order valence-electron chi connectivity index (χ4n) is 4.54. The molecule has 0 aromatic carbocycles. The van der Waals surface area contributed by atoms with Crippen LogP contribution in [0.3, 0.4) is 0 Å². The SMILES string of the molecule is O=C([O-])CC(NC(CC(=O)O)C(=O)O)C(=O)[O-].O=C([O-])CN(CC(=O)O)[C@@H](CCC(=O)O)C(=O)[O-].O=C([O-])CN(CCN(CCN(CC(=O)[O-])CC(=O)O)CC(=O)O)CC(=O)O.[Na+].[Na+].[Na+].[Na+].[Na+].[Na+].[Na+].[Na+].[Na+].[Na+].[Na+].[Na+].[Na+]. The molecule has 0 fully saturated rings. The van der Waals surface area contributed by atoms with Gasteiger partial charge in [0, 0.05) is 64.6 Å². The molecule has 3 atom stereocenters. The van der Waals surface area contributed by atoms with E-state index in [-0.39, 0.29) is 410 Å². The third-order valence-corrected chi connectivity index (χ3v) is 7.00. The maximum Gasteiger partial charge on any atom is 1.00 e. The van der Waals surface area contributed by atoms with Crippen molar-refractivity contribution in [2.75, 3.05) is 72.0 Å². The van der Waals surface area contributed by atoms with E-state index >= 15 is 0 Å². The first kappa shape index (κ1) is 123. The number of carboxylic acids is 13. The minimum atomic E-state index is -1.86. The number of carbonyl (C=O) groups is 13. The average molecular weight is 1200 g/mol. The number of hydrogen-bond acceptors (Lipinski definition) is 24. The summed E-state index contributed by atoms with van der Waals surface area (Å²) in [4.78, 5) is 141. The van der Waals surface area contributed by atoms with Crippen LogP contribution in [0.15, 0.2) is 0 Å². The molecule has 44 heteroatoms. The van der Waals surface area contributed by atoms with E-state index < -0.39 is 167 Å². The molecule has 8 N–H and O–H groups in total. The zero-order chi connectivity index (χ0) is 48.9. The van der Waals surface area contributed by atoms with Gasteiger partial charge in [-0.3, -0.25) is 58.5 Å². The van der Waals surface area contributed by atoms with E-state index in [0.717, 1.165) is 9.80 Å². The monoisotopic (exact) mass is 1200 g/mol.